The van der Waals surface area contributed by atoms with Crippen LogP contribution in [0, 0.1) is 0 Å². The lowest BCUT2D eigenvalue weighted by Gasteiger charge is -2.24. The highest BCUT2D eigenvalue weighted by molar-refractivity contribution is 5.76. The van der Waals surface area contributed by atoms with E-state index in [0.29, 0.717) is 25.4 Å². The van der Waals surface area contributed by atoms with Crippen molar-refractivity contribution in [2.45, 2.75) is 58.9 Å². The molecule has 0 saturated heterocycles. The number of unbranched alkanes of at least 4 members (excludes halogenated alkanes) is 1. The number of carboxylic acids is 1. The second-order valence-electron chi connectivity index (χ2n) is 7.74. The van der Waals surface area contributed by atoms with Gasteiger partial charge in [-0.3, -0.25) is 0 Å². The minimum atomic E-state index is -0.871. The van der Waals surface area contributed by atoms with Crippen molar-refractivity contribution >= 4 is 17.6 Å². The largest absolute Gasteiger partial charge is 0.480 e. The number of hydrogen-bond acceptors (Lipinski definition) is 7. The van der Waals surface area contributed by atoms with Crippen LogP contribution in [-0.4, -0.2) is 72.4 Å². The minimum Gasteiger partial charge on any atom is -0.480 e. The van der Waals surface area contributed by atoms with Gasteiger partial charge >= 0.3 is 5.97 Å². The standard InChI is InChI=1S/C24H37N5O3.C2H6/c1-4-19-11-12-20(27-23(19)25-2)9-6-8-15-29(17-18-32-3)16-13-21(24(30)31)28-22-10-5-7-14-26-22;1-2/h5,7,10-12,14,21H,4,6,8-9,13,15-18H2,1-3H3,(H,25,27)(H,26,28)(H,30,31);1-2H3. The lowest BCUT2D eigenvalue weighted by molar-refractivity contribution is -0.138. The number of rotatable bonds is 16. The lowest BCUT2D eigenvalue weighted by Crippen LogP contribution is -2.36. The zero-order chi connectivity index (χ0) is 25.2. The van der Waals surface area contributed by atoms with E-state index in [-0.39, 0.29) is 0 Å². The number of methoxy groups -OCH3 is 1. The molecule has 0 fully saturated rings. The summed E-state index contributed by atoms with van der Waals surface area (Å²) in [5.74, 6) is 0.669. The molecule has 190 valence electrons. The molecular weight excluding hydrogens is 430 g/mol. The van der Waals surface area contributed by atoms with Crippen LogP contribution in [0.25, 0.3) is 0 Å². The first kappa shape index (κ1) is 29.3. The van der Waals surface area contributed by atoms with Gasteiger partial charge in [-0.05, 0) is 62.4 Å². The van der Waals surface area contributed by atoms with Gasteiger partial charge in [-0.15, -0.1) is 0 Å². The van der Waals surface area contributed by atoms with Crippen LogP contribution >= 0.6 is 0 Å². The number of anilines is 2. The number of hydrogen-bond donors (Lipinski definition) is 3. The highest BCUT2D eigenvalue weighted by Gasteiger charge is 2.19. The van der Waals surface area contributed by atoms with Gasteiger partial charge in [0, 0.05) is 39.1 Å². The van der Waals surface area contributed by atoms with Crippen LogP contribution in [0.5, 0.6) is 0 Å². The summed E-state index contributed by atoms with van der Waals surface area (Å²) in [6.07, 6.45) is 6.07. The first-order chi connectivity index (χ1) is 16.6. The van der Waals surface area contributed by atoms with E-state index in [1.165, 1.54) is 5.56 Å². The quantitative estimate of drug-likeness (QED) is 0.310. The maximum atomic E-state index is 11.7. The molecule has 0 aliphatic carbocycles. The van der Waals surface area contributed by atoms with Gasteiger partial charge in [-0.25, -0.2) is 14.8 Å². The molecular formula is C26H43N5O3. The van der Waals surface area contributed by atoms with Crippen molar-refractivity contribution in [3.63, 3.8) is 0 Å². The average Bonchev–Trinajstić information content (AvgIpc) is 2.88. The fourth-order valence-corrected chi connectivity index (χ4v) is 3.56. The zero-order valence-corrected chi connectivity index (χ0v) is 21.5. The third-order valence-electron chi connectivity index (χ3n) is 5.44. The second kappa shape index (κ2) is 17.7. The van der Waals surface area contributed by atoms with Crippen molar-refractivity contribution in [3.8, 4) is 0 Å². The van der Waals surface area contributed by atoms with E-state index < -0.39 is 12.0 Å². The van der Waals surface area contributed by atoms with E-state index in [1.54, 1.807) is 25.4 Å². The molecule has 0 aliphatic rings. The van der Waals surface area contributed by atoms with E-state index in [1.807, 2.05) is 27.0 Å². The van der Waals surface area contributed by atoms with E-state index >= 15 is 0 Å². The maximum absolute atomic E-state index is 11.7. The van der Waals surface area contributed by atoms with Gasteiger partial charge in [-0.2, -0.15) is 0 Å². The van der Waals surface area contributed by atoms with Crippen LogP contribution in [0.2, 0.25) is 0 Å². The van der Waals surface area contributed by atoms with E-state index in [9.17, 15) is 9.90 Å². The Hall–Kier alpha value is -2.71. The van der Waals surface area contributed by atoms with Gasteiger partial charge in [0.05, 0.1) is 6.61 Å². The van der Waals surface area contributed by atoms with Crippen molar-refractivity contribution in [3.05, 3.63) is 47.8 Å². The predicted molar refractivity (Wildman–Crippen MR) is 140 cm³/mol. The molecule has 3 N–H and O–H groups in total. The highest BCUT2D eigenvalue weighted by Crippen LogP contribution is 2.15. The second-order valence-corrected chi connectivity index (χ2v) is 7.74. The number of aryl methyl sites for hydroxylation is 2. The Morgan fingerprint density at radius 2 is 1.94 bits per heavy atom. The third-order valence-corrected chi connectivity index (χ3v) is 5.44. The highest BCUT2D eigenvalue weighted by atomic mass is 16.5. The zero-order valence-electron chi connectivity index (χ0n) is 21.5. The Balaban J connectivity index is 0.00000281. The van der Waals surface area contributed by atoms with Crippen molar-refractivity contribution in [1.82, 2.24) is 14.9 Å². The number of carbonyl (C=O) groups is 1. The number of aromatic nitrogens is 2. The Labute approximate surface area is 205 Å². The van der Waals surface area contributed by atoms with Gasteiger partial charge in [0.15, 0.2) is 0 Å². The monoisotopic (exact) mass is 473 g/mol. The SMILES string of the molecule is CC.CCc1ccc(CCCCN(CCOC)CCC(Nc2ccccn2)C(=O)O)nc1NC. The Morgan fingerprint density at radius 1 is 1.15 bits per heavy atom. The topological polar surface area (TPSA) is 99.6 Å². The van der Waals surface area contributed by atoms with E-state index in [4.69, 9.17) is 9.72 Å². The third kappa shape index (κ3) is 10.9. The molecule has 8 heteroatoms. The van der Waals surface area contributed by atoms with Crippen LogP contribution < -0.4 is 10.6 Å². The number of pyridine rings is 2. The fourth-order valence-electron chi connectivity index (χ4n) is 3.56. The van der Waals surface area contributed by atoms with Gasteiger partial charge in [0.25, 0.3) is 0 Å². The van der Waals surface area contributed by atoms with Crippen molar-refractivity contribution in [2.24, 2.45) is 0 Å². The summed E-state index contributed by atoms with van der Waals surface area (Å²) in [6.45, 7) is 9.10. The van der Waals surface area contributed by atoms with E-state index in [2.05, 4.69) is 39.6 Å². The summed E-state index contributed by atoms with van der Waals surface area (Å²) in [7, 11) is 3.60. The van der Waals surface area contributed by atoms with Gasteiger partial charge in [-0.1, -0.05) is 32.9 Å². The smallest absolute Gasteiger partial charge is 0.326 e. The Bertz CT molecular complexity index is 804. The number of ether oxygens (including phenoxy) is 1. The number of carboxylic acid groups (broad SMARTS) is 1. The van der Waals surface area contributed by atoms with Crippen LogP contribution in [-0.2, 0) is 22.4 Å². The van der Waals surface area contributed by atoms with E-state index in [0.717, 1.165) is 50.3 Å². The molecule has 0 radical (unpaired) electrons. The number of nitrogens with one attached hydrogen (secondary N) is 2. The Kier molecular flexibility index (Phi) is 15.3. The minimum absolute atomic E-state index is 0.487. The predicted octanol–water partition coefficient (Wildman–Crippen LogP) is 4.33. The first-order valence-corrected chi connectivity index (χ1v) is 12.4. The molecule has 1 atom stereocenters. The molecule has 0 aliphatic heterocycles. The Morgan fingerprint density at radius 3 is 2.56 bits per heavy atom. The summed E-state index contributed by atoms with van der Waals surface area (Å²) in [4.78, 5) is 22.9. The summed E-state index contributed by atoms with van der Waals surface area (Å²) < 4.78 is 5.24. The lowest BCUT2D eigenvalue weighted by atomic mass is 10.1. The molecule has 1 unspecified atom stereocenters. The van der Waals surface area contributed by atoms with Crippen LogP contribution in [0.15, 0.2) is 36.5 Å². The summed E-state index contributed by atoms with van der Waals surface area (Å²) >= 11 is 0. The number of nitrogens with zero attached hydrogens (tertiary/aromatic N) is 3. The van der Waals surface area contributed by atoms with Crippen molar-refractivity contribution in [2.75, 3.05) is 51.0 Å². The molecule has 2 heterocycles. The fraction of sp³-hybridized carbons (Fsp3) is 0.577. The molecule has 0 bridgehead atoms. The van der Waals surface area contributed by atoms with Crippen molar-refractivity contribution in [1.29, 1.82) is 0 Å². The van der Waals surface area contributed by atoms with Gasteiger partial charge in [0.2, 0.25) is 0 Å². The molecule has 0 amide bonds. The van der Waals surface area contributed by atoms with Crippen molar-refractivity contribution < 1.29 is 14.6 Å². The summed E-state index contributed by atoms with van der Waals surface area (Å²) in [5, 5.41) is 15.8. The van der Waals surface area contributed by atoms with Gasteiger partial charge in [0.1, 0.15) is 17.7 Å². The van der Waals surface area contributed by atoms with Crippen LogP contribution in [0.4, 0.5) is 11.6 Å². The molecule has 2 rings (SSSR count). The average molecular weight is 474 g/mol. The molecule has 8 nitrogen and oxygen atoms in total. The summed E-state index contributed by atoms with van der Waals surface area (Å²) in [5.41, 5.74) is 2.33. The normalized spacial score (nSPS) is 11.5. The molecule has 0 spiro atoms. The number of aliphatic carboxylic acids is 1. The molecule has 2 aromatic heterocycles. The molecule has 2 aromatic rings. The van der Waals surface area contributed by atoms with Crippen LogP contribution in [0.1, 0.15) is 51.3 Å². The summed E-state index contributed by atoms with van der Waals surface area (Å²) in [6, 6.07) is 9.00. The van der Waals surface area contributed by atoms with Crippen LogP contribution in [0.3, 0.4) is 0 Å². The van der Waals surface area contributed by atoms with Gasteiger partial charge < -0.3 is 25.4 Å². The molecule has 34 heavy (non-hydrogen) atoms. The first-order valence-electron chi connectivity index (χ1n) is 12.4. The molecule has 0 saturated carbocycles. The molecule has 0 aromatic carbocycles. The maximum Gasteiger partial charge on any atom is 0.326 e.